The SMILES string of the molecule is CN(C(N)=NCCCCCN1CCCC1)C12CC3CC(CC(C3)C1)C2. The summed E-state index contributed by atoms with van der Waals surface area (Å²) < 4.78 is 0. The molecule has 4 bridgehead atoms. The quantitative estimate of drug-likeness (QED) is 0.436. The minimum atomic E-state index is 0.345. The van der Waals surface area contributed by atoms with Gasteiger partial charge in [-0.2, -0.15) is 0 Å². The number of nitrogens with two attached hydrogens (primary N) is 1. The molecule has 0 aromatic heterocycles. The monoisotopic (exact) mass is 346 g/mol. The van der Waals surface area contributed by atoms with Crippen LogP contribution in [-0.2, 0) is 0 Å². The van der Waals surface area contributed by atoms with Gasteiger partial charge in [-0.25, -0.2) is 0 Å². The van der Waals surface area contributed by atoms with Crippen molar-refractivity contribution in [2.24, 2.45) is 28.5 Å². The van der Waals surface area contributed by atoms with Gasteiger partial charge < -0.3 is 15.5 Å². The summed E-state index contributed by atoms with van der Waals surface area (Å²) in [5.41, 5.74) is 6.77. The number of nitrogens with zero attached hydrogens (tertiary/aromatic N) is 3. The first-order chi connectivity index (χ1) is 12.1. The molecule has 0 atom stereocenters. The first-order valence-electron chi connectivity index (χ1n) is 10.9. The molecule has 2 N–H and O–H groups in total. The molecule has 0 aromatic rings. The van der Waals surface area contributed by atoms with Gasteiger partial charge in [-0.1, -0.05) is 6.42 Å². The second-order valence-corrected chi connectivity index (χ2v) is 9.55. The molecule has 1 heterocycles. The Balaban J connectivity index is 1.21. The van der Waals surface area contributed by atoms with E-state index in [9.17, 15) is 0 Å². The molecule has 142 valence electrons. The van der Waals surface area contributed by atoms with Crippen molar-refractivity contribution in [2.45, 2.75) is 76.2 Å². The summed E-state index contributed by atoms with van der Waals surface area (Å²) in [6.45, 7) is 4.83. The number of likely N-dealkylation sites (tertiary alicyclic amines) is 1. The largest absolute Gasteiger partial charge is 0.370 e. The summed E-state index contributed by atoms with van der Waals surface area (Å²) in [6, 6.07) is 0. The van der Waals surface area contributed by atoms with Gasteiger partial charge in [0.1, 0.15) is 0 Å². The summed E-state index contributed by atoms with van der Waals surface area (Å²) >= 11 is 0. The van der Waals surface area contributed by atoms with Crippen molar-refractivity contribution in [2.75, 3.05) is 33.2 Å². The van der Waals surface area contributed by atoms with Crippen LogP contribution < -0.4 is 5.73 Å². The Morgan fingerprint density at radius 1 is 1.00 bits per heavy atom. The topological polar surface area (TPSA) is 44.9 Å². The summed E-state index contributed by atoms with van der Waals surface area (Å²) in [5.74, 6) is 3.70. The van der Waals surface area contributed by atoms with Crippen molar-refractivity contribution in [3.8, 4) is 0 Å². The van der Waals surface area contributed by atoms with E-state index in [-0.39, 0.29) is 0 Å². The van der Waals surface area contributed by atoms with E-state index in [2.05, 4.69) is 16.8 Å². The molecule has 0 aromatic carbocycles. The molecule has 1 aliphatic heterocycles. The van der Waals surface area contributed by atoms with Crippen LogP contribution in [-0.4, -0.2) is 54.5 Å². The summed E-state index contributed by atoms with van der Waals surface area (Å²) in [6.07, 6.45) is 15.1. The van der Waals surface area contributed by atoms with Crippen LogP contribution in [0.15, 0.2) is 4.99 Å². The van der Waals surface area contributed by atoms with E-state index in [0.29, 0.717) is 5.54 Å². The smallest absolute Gasteiger partial charge is 0.191 e. The van der Waals surface area contributed by atoms with Gasteiger partial charge in [0.25, 0.3) is 0 Å². The van der Waals surface area contributed by atoms with E-state index in [4.69, 9.17) is 10.7 Å². The zero-order valence-electron chi connectivity index (χ0n) is 16.3. The third kappa shape index (κ3) is 3.84. The molecule has 1 saturated heterocycles. The van der Waals surface area contributed by atoms with Crippen LogP contribution in [0.2, 0.25) is 0 Å². The van der Waals surface area contributed by atoms with Gasteiger partial charge in [-0.05, 0) is 102 Å². The molecule has 4 heteroatoms. The second-order valence-electron chi connectivity index (χ2n) is 9.55. The summed E-state index contributed by atoms with van der Waals surface area (Å²) in [7, 11) is 2.22. The predicted molar refractivity (Wildman–Crippen MR) is 105 cm³/mol. The Bertz CT molecular complexity index is 445. The highest BCUT2D eigenvalue weighted by molar-refractivity contribution is 5.78. The van der Waals surface area contributed by atoms with E-state index in [1.165, 1.54) is 90.3 Å². The van der Waals surface area contributed by atoms with E-state index >= 15 is 0 Å². The molecule has 5 rings (SSSR count). The van der Waals surface area contributed by atoms with Crippen molar-refractivity contribution in [3.05, 3.63) is 0 Å². The van der Waals surface area contributed by atoms with Crippen LogP contribution in [0.4, 0.5) is 0 Å². The standard InChI is InChI=1S/C21H38N4/c1-24(21-14-17-11-18(15-21)13-19(12-17)16-21)20(22)23-7-3-2-4-8-25-9-5-6-10-25/h17-19H,2-16H2,1H3,(H2,22,23). The van der Waals surface area contributed by atoms with Crippen molar-refractivity contribution >= 4 is 5.96 Å². The lowest BCUT2D eigenvalue weighted by Gasteiger charge is -2.60. The summed E-state index contributed by atoms with van der Waals surface area (Å²) in [5, 5.41) is 0. The van der Waals surface area contributed by atoms with Gasteiger partial charge in [0.05, 0.1) is 0 Å². The fraction of sp³-hybridized carbons (Fsp3) is 0.952. The Morgan fingerprint density at radius 2 is 1.60 bits per heavy atom. The molecule has 0 unspecified atom stereocenters. The third-order valence-electron chi connectivity index (χ3n) is 7.67. The first-order valence-corrected chi connectivity index (χ1v) is 10.9. The van der Waals surface area contributed by atoms with Crippen LogP contribution in [0.5, 0.6) is 0 Å². The molecule has 25 heavy (non-hydrogen) atoms. The van der Waals surface area contributed by atoms with Crippen molar-refractivity contribution in [1.82, 2.24) is 9.80 Å². The molecular weight excluding hydrogens is 308 g/mol. The molecule has 4 saturated carbocycles. The fourth-order valence-corrected chi connectivity index (χ4v) is 6.65. The Kier molecular flexibility index (Phi) is 5.26. The van der Waals surface area contributed by atoms with E-state index < -0.39 is 0 Å². The van der Waals surface area contributed by atoms with E-state index in [1.807, 2.05) is 0 Å². The van der Waals surface area contributed by atoms with Gasteiger partial charge in [0.2, 0.25) is 0 Å². The van der Waals surface area contributed by atoms with Gasteiger partial charge in [-0.15, -0.1) is 0 Å². The fourth-order valence-electron chi connectivity index (χ4n) is 6.65. The number of hydrogen-bond donors (Lipinski definition) is 1. The molecule has 0 radical (unpaired) electrons. The van der Waals surface area contributed by atoms with Crippen LogP contribution >= 0.6 is 0 Å². The zero-order valence-corrected chi connectivity index (χ0v) is 16.3. The van der Waals surface area contributed by atoms with Crippen LogP contribution in [0.3, 0.4) is 0 Å². The van der Waals surface area contributed by atoms with Crippen LogP contribution in [0.25, 0.3) is 0 Å². The van der Waals surface area contributed by atoms with Gasteiger partial charge in [0.15, 0.2) is 5.96 Å². The van der Waals surface area contributed by atoms with Crippen molar-refractivity contribution < 1.29 is 0 Å². The van der Waals surface area contributed by atoms with Gasteiger partial charge in [-0.3, -0.25) is 4.99 Å². The average molecular weight is 347 g/mol. The highest BCUT2D eigenvalue weighted by atomic mass is 15.3. The molecule has 4 nitrogen and oxygen atoms in total. The lowest BCUT2D eigenvalue weighted by Crippen LogP contribution is -2.61. The molecular formula is C21H38N4. The average Bonchev–Trinajstić information content (AvgIpc) is 3.09. The van der Waals surface area contributed by atoms with Crippen molar-refractivity contribution in [3.63, 3.8) is 0 Å². The number of hydrogen-bond acceptors (Lipinski definition) is 2. The van der Waals surface area contributed by atoms with E-state index in [1.54, 1.807) is 0 Å². The van der Waals surface area contributed by atoms with Crippen LogP contribution in [0, 0.1) is 17.8 Å². The third-order valence-corrected chi connectivity index (χ3v) is 7.67. The first kappa shape index (κ1) is 17.6. The Labute approximate surface area is 154 Å². The number of aliphatic imine (C=N–C) groups is 1. The maximum atomic E-state index is 6.42. The lowest BCUT2D eigenvalue weighted by molar-refractivity contribution is -0.0550. The lowest BCUT2D eigenvalue weighted by atomic mass is 9.52. The summed E-state index contributed by atoms with van der Waals surface area (Å²) in [4.78, 5) is 9.76. The highest BCUT2D eigenvalue weighted by Gasteiger charge is 2.53. The molecule has 5 fully saturated rings. The van der Waals surface area contributed by atoms with Gasteiger partial charge >= 0.3 is 0 Å². The highest BCUT2D eigenvalue weighted by Crippen LogP contribution is 2.57. The zero-order chi connectivity index (χ0) is 17.3. The van der Waals surface area contributed by atoms with E-state index in [0.717, 1.165) is 30.3 Å². The number of rotatable bonds is 7. The number of unbranched alkanes of at least 4 members (excludes halogenated alkanes) is 2. The number of guanidine groups is 1. The molecule has 5 aliphatic rings. The maximum Gasteiger partial charge on any atom is 0.191 e. The molecule has 0 spiro atoms. The minimum absolute atomic E-state index is 0.345. The second kappa shape index (κ2) is 7.46. The van der Waals surface area contributed by atoms with Crippen molar-refractivity contribution in [1.29, 1.82) is 0 Å². The van der Waals surface area contributed by atoms with Gasteiger partial charge in [0, 0.05) is 19.1 Å². The van der Waals surface area contributed by atoms with Crippen LogP contribution in [0.1, 0.15) is 70.6 Å². The molecule has 0 amide bonds. The maximum absolute atomic E-state index is 6.42. The Hall–Kier alpha value is -0.770. The Morgan fingerprint density at radius 3 is 2.20 bits per heavy atom. The normalized spacial score (nSPS) is 37.8. The molecule has 4 aliphatic carbocycles. The minimum Gasteiger partial charge on any atom is -0.370 e. The predicted octanol–water partition coefficient (Wildman–Crippen LogP) is 3.47.